The molecule has 0 saturated carbocycles. The summed E-state index contributed by atoms with van der Waals surface area (Å²) in [4.78, 5) is 0. The molecule has 2 aromatic carbocycles. The maximum Gasteiger partial charge on any atom is 0.0675 e. The van der Waals surface area contributed by atoms with Crippen LogP contribution in [0.15, 0.2) is 48.5 Å². The van der Waals surface area contributed by atoms with Crippen LogP contribution in [0.1, 0.15) is 31.9 Å². The predicted octanol–water partition coefficient (Wildman–Crippen LogP) is 7.02. The van der Waals surface area contributed by atoms with Crippen molar-refractivity contribution < 1.29 is 66.0 Å². The second-order valence-electron chi connectivity index (χ2n) is 12.7. The van der Waals surface area contributed by atoms with Crippen molar-refractivity contribution in [2.24, 2.45) is 0 Å². The number of nitrogens with zero attached hydrogens (tertiary/aromatic N) is 1. The minimum absolute atomic E-state index is 0.336. The Balaban J connectivity index is 0.000000892. The first-order valence-corrected chi connectivity index (χ1v) is 14.6. The van der Waals surface area contributed by atoms with Crippen LogP contribution in [0.3, 0.4) is 0 Å². The molecule has 0 fully saturated rings. The van der Waals surface area contributed by atoms with Crippen LogP contribution in [0.25, 0.3) is 0 Å². The van der Waals surface area contributed by atoms with Crippen molar-refractivity contribution in [2.75, 3.05) is 28.2 Å². The SMILES string of the molecule is CC(C)(C)[Si-]12(OC(C(F)(F)F)(C(F)(F)F)c3ccccc31)OC(C(F)(F)F)(C(F)(F)F)c1ccccc12.C[N+](C)(C)C. The number of rotatable bonds is 0. The van der Waals surface area contributed by atoms with E-state index in [0.29, 0.717) is 24.3 Å². The van der Waals surface area contributed by atoms with Gasteiger partial charge < -0.3 is 4.48 Å². The fourth-order valence-corrected chi connectivity index (χ4v) is 12.9. The number of alkyl halides is 12. The molecule has 0 saturated heterocycles. The maximum atomic E-state index is 14.5. The van der Waals surface area contributed by atoms with Crippen molar-refractivity contribution in [1.29, 1.82) is 0 Å². The van der Waals surface area contributed by atoms with Crippen LogP contribution in [0.4, 0.5) is 52.7 Å². The third-order valence-corrected chi connectivity index (χ3v) is 14.2. The van der Waals surface area contributed by atoms with Crippen LogP contribution >= 0.6 is 0 Å². The van der Waals surface area contributed by atoms with Gasteiger partial charge in [-0.25, -0.2) is 0 Å². The summed E-state index contributed by atoms with van der Waals surface area (Å²) in [6, 6.07) is 5.22. The molecule has 42 heavy (non-hydrogen) atoms. The predicted molar refractivity (Wildman–Crippen MR) is 131 cm³/mol. The van der Waals surface area contributed by atoms with Gasteiger partial charge in [-0.1, -0.05) is 0 Å². The van der Waals surface area contributed by atoms with Crippen LogP contribution in [0.5, 0.6) is 0 Å². The monoisotopic (exact) mass is 643 g/mol. The largest absolute Gasteiger partial charge is 0.333 e. The van der Waals surface area contributed by atoms with Gasteiger partial charge in [-0.3, -0.25) is 0 Å². The van der Waals surface area contributed by atoms with E-state index in [4.69, 9.17) is 8.85 Å². The van der Waals surface area contributed by atoms with Gasteiger partial charge in [-0.15, -0.1) is 0 Å². The van der Waals surface area contributed by atoms with E-state index in [1.165, 1.54) is 0 Å². The van der Waals surface area contributed by atoms with Gasteiger partial charge >= 0.3 is 201 Å². The molecule has 2 heterocycles. The molecule has 16 heteroatoms. The first-order valence-electron chi connectivity index (χ1n) is 12.3. The fraction of sp³-hybridized carbons (Fsp3) is 0.538. The zero-order chi connectivity index (χ0) is 32.8. The topological polar surface area (TPSA) is 18.5 Å². The molecule has 0 amide bonds. The summed E-state index contributed by atoms with van der Waals surface area (Å²) in [6.07, 6.45) is -25.4. The number of benzene rings is 2. The van der Waals surface area contributed by atoms with Gasteiger partial charge in [0, 0.05) is 0 Å². The second-order valence-corrected chi connectivity index (χ2v) is 17.8. The quantitative estimate of drug-likeness (QED) is 0.175. The fourth-order valence-electron chi connectivity index (χ4n) is 5.73. The van der Waals surface area contributed by atoms with Crippen molar-refractivity contribution >= 4 is 18.2 Å². The van der Waals surface area contributed by atoms with E-state index in [1.807, 2.05) is 0 Å². The number of hydrogen-bond donors (Lipinski definition) is 0. The van der Waals surface area contributed by atoms with Crippen LogP contribution in [0, 0.1) is 0 Å². The van der Waals surface area contributed by atoms with E-state index in [-0.39, 0.29) is 0 Å². The van der Waals surface area contributed by atoms with Gasteiger partial charge in [0.2, 0.25) is 0 Å². The normalized spacial score (nSPS) is 21.9. The molecule has 2 aromatic rings. The Labute approximate surface area is 234 Å². The van der Waals surface area contributed by atoms with E-state index < -0.39 is 70.3 Å². The Kier molecular flexibility index (Phi) is 7.42. The minimum atomic E-state index is -7.07. The molecular formula is C26H29F12NO2Si. The molecule has 0 aliphatic carbocycles. The second kappa shape index (κ2) is 9.11. The first kappa shape index (κ1) is 34.2. The Morgan fingerprint density at radius 3 is 0.976 bits per heavy atom. The number of quaternary nitrogens is 1. The molecule has 2 aliphatic rings. The van der Waals surface area contributed by atoms with E-state index in [2.05, 4.69) is 28.2 Å². The molecule has 4 rings (SSSR count). The summed E-state index contributed by atoms with van der Waals surface area (Å²) >= 11 is 0. The molecule has 238 valence electrons. The molecule has 0 N–H and O–H groups in total. The van der Waals surface area contributed by atoms with E-state index in [0.717, 1.165) is 49.5 Å². The van der Waals surface area contributed by atoms with Gasteiger partial charge in [-0.05, 0) is 0 Å². The van der Waals surface area contributed by atoms with Crippen LogP contribution < -0.4 is 10.4 Å². The average Bonchev–Trinajstić information content (AvgIpc) is 3.22. The van der Waals surface area contributed by atoms with E-state index in [1.54, 1.807) is 0 Å². The van der Waals surface area contributed by atoms with Gasteiger partial charge in [0.15, 0.2) is 0 Å². The first-order chi connectivity index (χ1) is 18.5. The minimum Gasteiger partial charge on any atom is -0.333 e. The van der Waals surface area contributed by atoms with E-state index >= 15 is 0 Å². The van der Waals surface area contributed by atoms with Crippen molar-refractivity contribution in [3.05, 3.63) is 59.7 Å². The van der Waals surface area contributed by atoms with E-state index in [9.17, 15) is 52.7 Å². The summed E-state index contributed by atoms with van der Waals surface area (Å²) in [7, 11) is 1.43. The zero-order valence-electron chi connectivity index (χ0n) is 23.4. The zero-order valence-corrected chi connectivity index (χ0v) is 24.4. The Bertz CT molecular complexity index is 1220. The van der Waals surface area contributed by atoms with Crippen molar-refractivity contribution in [3.8, 4) is 0 Å². The summed E-state index contributed by atoms with van der Waals surface area (Å²) in [5.74, 6) is 0. The Morgan fingerprint density at radius 2 is 0.762 bits per heavy atom. The van der Waals surface area contributed by atoms with Crippen molar-refractivity contribution in [1.82, 2.24) is 0 Å². The average molecular weight is 644 g/mol. The summed E-state index contributed by atoms with van der Waals surface area (Å²) in [5.41, 5.74) is -13.9. The smallest absolute Gasteiger partial charge is 0.0675 e. The number of halogens is 12. The number of hydrogen-bond acceptors (Lipinski definition) is 2. The molecule has 1 spiro atoms. The summed E-state index contributed by atoms with van der Waals surface area (Å²) in [5, 5.41) is -4.55. The molecule has 0 unspecified atom stereocenters. The summed E-state index contributed by atoms with van der Waals surface area (Å²) in [6.45, 7) is 2.71. The van der Waals surface area contributed by atoms with Gasteiger partial charge in [-0.2, -0.15) is 0 Å². The molecule has 3 nitrogen and oxygen atoms in total. The summed E-state index contributed by atoms with van der Waals surface area (Å²) < 4.78 is 185. The van der Waals surface area contributed by atoms with Crippen LogP contribution in [-0.2, 0) is 20.1 Å². The molecule has 0 atom stereocenters. The van der Waals surface area contributed by atoms with Crippen LogP contribution in [0.2, 0.25) is 5.04 Å². The Morgan fingerprint density at radius 1 is 0.524 bits per heavy atom. The molecule has 0 radical (unpaired) electrons. The number of fused-ring (bicyclic) bond motifs is 4. The van der Waals surface area contributed by atoms with Crippen LogP contribution in [-0.4, -0.2) is 65.2 Å². The molecule has 2 aliphatic heterocycles. The third-order valence-electron chi connectivity index (χ3n) is 7.25. The molecular weight excluding hydrogens is 614 g/mol. The standard InChI is InChI=1S/C22H17F12O2Si.C4H12N/c1-16(2,3)37(14-10-6-4-8-12(14)17(35-37,19(23,24)25)20(26,27)28)15-11-7-5-9-13(15)18(36-37,21(29,30)31)22(32,33)34;1-5(2,3)4/h4-11H,1-3H3;1-4H3/q-1;+1. The molecule has 0 aromatic heterocycles. The van der Waals surface area contributed by atoms with Gasteiger partial charge in [0.1, 0.15) is 0 Å². The maximum absolute atomic E-state index is 14.5. The van der Waals surface area contributed by atoms with Crippen molar-refractivity contribution in [2.45, 2.75) is 61.7 Å². The van der Waals surface area contributed by atoms with Crippen molar-refractivity contribution in [3.63, 3.8) is 0 Å². The van der Waals surface area contributed by atoms with Gasteiger partial charge in [0.25, 0.3) is 0 Å². The van der Waals surface area contributed by atoms with Gasteiger partial charge in [0.05, 0.1) is 28.2 Å². The molecule has 0 bridgehead atoms. The third kappa shape index (κ3) is 4.22. The Hall–Kier alpha value is -2.30.